The number of furan rings is 1. The monoisotopic (exact) mass is 413 g/mol. The van der Waals surface area contributed by atoms with Crippen LogP contribution in [0.4, 0.5) is 0 Å². The number of amides is 2. The molecular formula is C21H21N2O7-. The zero-order valence-electron chi connectivity index (χ0n) is 16.8. The van der Waals surface area contributed by atoms with Crippen molar-refractivity contribution in [2.45, 2.75) is 33.6 Å². The lowest BCUT2D eigenvalue weighted by molar-refractivity contribution is -0.304. The van der Waals surface area contributed by atoms with E-state index in [1.54, 1.807) is 13.0 Å². The number of aliphatic carboxylic acids is 1. The average molecular weight is 413 g/mol. The molecule has 3 aromatic rings. The van der Waals surface area contributed by atoms with E-state index in [2.05, 4.69) is 10.6 Å². The summed E-state index contributed by atoms with van der Waals surface area (Å²) in [4.78, 5) is 46.2. The fourth-order valence-corrected chi connectivity index (χ4v) is 3.25. The Hall–Kier alpha value is -3.62. The summed E-state index contributed by atoms with van der Waals surface area (Å²) in [5.41, 5.74) is 2.65. The van der Waals surface area contributed by atoms with Crippen LogP contribution in [0.25, 0.3) is 21.9 Å². The summed E-state index contributed by atoms with van der Waals surface area (Å²) in [6.07, 6.45) is 0.106. The minimum Gasteiger partial charge on any atom is -0.548 e. The van der Waals surface area contributed by atoms with E-state index in [0.717, 1.165) is 27.7 Å². The number of carboxylic acid groups (broad SMARTS) is 1. The first-order chi connectivity index (χ1) is 14.2. The van der Waals surface area contributed by atoms with Crippen LogP contribution in [0.1, 0.15) is 28.9 Å². The van der Waals surface area contributed by atoms with Gasteiger partial charge in [0.2, 0.25) is 11.8 Å². The molecule has 0 bridgehead atoms. The Labute approximate surface area is 171 Å². The maximum absolute atomic E-state index is 12.4. The standard InChI is InChI=1S/C21H22N2O7/c1-10-12(3)29-16-7-17-15(6-14(10)16)11(2)13(21(28)30-17)4-5-18(24)22-8-19(25)23-9-20(26)27/h6-7H,4-5,8-9H2,1-3H3,(H,22,24)(H,23,25)(H,26,27)/p-1. The van der Waals surface area contributed by atoms with Gasteiger partial charge >= 0.3 is 5.63 Å². The van der Waals surface area contributed by atoms with E-state index in [1.807, 2.05) is 19.9 Å². The molecule has 0 aliphatic heterocycles. The van der Waals surface area contributed by atoms with Crippen LogP contribution in [-0.2, 0) is 20.8 Å². The average Bonchev–Trinajstić information content (AvgIpc) is 2.96. The highest BCUT2D eigenvalue weighted by molar-refractivity contribution is 5.96. The molecule has 0 radical (unpaired) electrons. The summed E-state index contributed by atoms with van der Waals surface area (Å²) in [6, 6.07) is 3.61. The first kappa shape index (κ1) is 21.1. The molecule has 0 saturated carbocycles. The Balaban J connectivity index is 1.74. The lowest BCUT2D eigenvalue weighted by Crippen LogP contribution is -2.42. The number of hydrogen-bond acceptors (Lipinski definition) is 7. The predicted molar refractivity (Wildman–Crippen MR) is 106 cm³/mol. The molecule has 2 amide bonds. The quantitative estimate of drug-likeness (QED) is 0.533. The van der Waals surface area contributed by atoms with Crippen LogP contribution < -0.4 is 21.4 Å². The Kier molecular flexibility index (Phi) is 5.91. The van der Waals surface area contributed by atoms with E-state index < -0.39 is 30.0 Å². The van der Waals surface area contributed by atoms with E-state index in [0.29, 0.717) is 16.7 Å². The van der Waals surface area contributed by atoms with Gasteiger partial charge in [0.25, 0.3) is 0 Å². The van der Waals surface area contributed by atoms with Crippen molar-refractivity contribution < 1.29 is 28.3 Å². The highest BCUT2D eigenvalue weighted by Crippen LogP contribution is 2.31. The fraction of sp³-hybridized carbons (Fsp3) is 0.333. The van der Waals surface area contributed by atoms with Crippen molar-refractivity contribution >= 4 is 39.7 Å². The molecule has 30 heavy (non-hydrogen) atoms. The molecular weight excluding hydrogens is 392 g/mol. The highest BCUT2D eigenvalue weighted by atomic mass is 16.4. The molecule has 2 aromatic heterocycles. The van der Waals surface area contributed by atoms with Crippen molar-refractivity contribution in [3.8, 4) is 0 Å². The van der Waals surface area contributed by atoms with Gasteiger partial charge in [0.15, 0.2) is 0 Å². The van der Waals surface area contributed by atoms with Gasteiger partial charge in [0.1, 0.15) is 16.9 Å². The smallest absolute Gasteiger partial charge is 0.339 e. The van der Waals surface area contributed by atoms with Gasteiger partial charge in [-0.05, 0) is 44.4 Å². The minimum absolute atomic E-state index is 0.0308. The van der Waals surface area contributed by atoms with Gasteiger partial charge < -0.3 is 29.4 Å². The van der Waals surface area contributed by atoms with E-state index in [4.69, 9.17) is 8.83 Å². The molecule has 9 nitrogen and oxygen atoms in total. The van der Waals surface area contributed by atoms with E-state index in [9.17, 15) is 24.3 Å². The Morgan fingerprint density at radius 1 is 0.900 bits per heavy atom. The zero-order valence-corrected chi connectivity index (χ0v) is 16.8. The Bertz CT molecular complexity index is 1220. The summed E-state index contributed by atoms with van der Waals surface area (Å²) in [7, 11) is 0. The molecule has 1 aromatic carbocycles. The van der Waals surface area contributed by atoms with Crippen molar-refractivity contribution in [2.24, 2.45) is 0 Å². The second-order valence-corrected chi connectivity index (χ2v) is 7.05. The van der Waals surface area contributed by atoms with Crippen molar-refractivity contribution in [1.82, 2.24) is 10.6 Å². The van der Waals surface area contributed by atoms with Crippen LogP contribution in [0, 0.1) is 20.8 Å². The van der Waals surface area contributed by atoms with E-state index >= 15 is 0 Å². The second-order valence-electron chi connectivity index (χ2n) is 7.05. The molecule has 0 fully saturated rings. The summed E-state index contributed by atoms with van der Waals surface area (Å²) >= 11 is 0. The van der Waals surface area contributed by atoms with Crippen LogP contribution in [0.5, 0.6) is 0 Å². The molecule has 0 spiro atoms. The molecule has 158 valence electrons. The summed E-state index contributed by atoms with van der Waals surface area (Å²) < 4.78 is 11.1. The maximum Gasteiger partial charge on any atom is 0.339 e. The number of benzene rings is 1. The third-order valence-electron chi connectivity index (χ3n) is 5.06. The number of hydrogen-bond donors (Lipinski definition) is 2. The van der Waals surface area contributed by atoms with Gasteiger partial charge in [-0.3, -0.25) is 9.59 Å². The number of carbonyl (C=O) groups is 3. The first-order valence-corrected chi connectivity index (χ1v) is 9.36. The number of aryl methyl sites for hydroxylation is 3. The first-order valence-electron chi connectivity index (χ1n) is 9.36. The van der Waals surface area contributed by atoms with Gasteiger partial charge in [0.05, 0.1) is 19.1 Å². The third kappa shape index (κ3) is 4.35. The largest absolute Gasteiger partial charge is 0.548 e. The van der Waals surface area contributed by atoms with Crippen LogP contribution in [0.2, 0.25) is 0 Å². The van der Waals surface area contributed by atoms with Gasteiger partial charge in [-0.2, -0.15) is 0 Å². The Morgan fingerprint density at radius 2 is 1.53 bits per heavy atom. The zero-order chi connectivity index (χ0) is 22.0. The molecule has 3 rings (SSSR count). The van der Waals surface area contributed by atoms with E-state index in [1.165, 1.54) is 0 Å². The SMILES string of the molecule is Cc1oc2cc3oc(=O)c(CCC(=O)NCC(=O)NCC(=O)[O-])c(C)c3cc2c1C. The van der Waals surface area contributed by atoms with Gasteiger partial charge in [-0.15, -0.1) is 0 Å². The second kappa shape index (κ2) is 8.40. The van der Waals surface area contributed by atoms with Gasteiger partial charge in [0, 0.05) is 28.8 Å². The van der Waals surface area contributed by atoms with Crippen molar-refractivity contribution in [2.75, 3.05) is 13.1 Å². The highest BCUT2D eigenvalue weighted by Gasteiger charge is 2.16. The van der Waals surface area contributed by atoms with Crippen molar-refractivity contribution in [3.63, 3.8) is 0 Å². The number of fused-ring (bicyclic) bond motifs is 2. The molecule has 0 aliphatic rings. The fourth-order valence-electron chi connectivity index (χ4n) is 3.25. The maximum atomic E-state index is 12.4. The molecule has 0 atom stereocenters. The summed E-state index contributed by atoms with van der Waals surface area (Å²) in [5.74, 6) is -1.73. The lowest BCUT2D eigenvalue weighted by Gasteiger charge is -2.09. The molecule has 0 unspecified atom stereocenters. The summed E-state index contributed by atoms with van der Waals surface area (Å²) in [6.45, 7) is 4.62. The van der Waals surface area contributed by atoms with Crippen LogP contribution >= 0.6 is 0 Å². The predicted octanol–water partition coefficient (Wildman–Crippen LogP) is 0.379. The number of nitrogens with one attached hydrogen (secondary N) is 2. The normalized spacial score (nSPS) is 11.0. The number of carboxylic acids is 1. The summed E-state index contributed by atoms with van der Waals surface area (Å²) in [5, 5.41) is 16.5. The number of carbonyl (C=O) groups excluding carboxylic acids is 3. The van der Waals surface area contributed by atoms with E-state index in [-0.39, 0.29) is 19.4 Å². The third-order valence-corrected chi connectivity index (χ3v) is 5.06. The number of rotatable bonds is 7. The van der Waals surface area contributed by atoms with Gasteiger partial charge in [-0.1, -0.05) is 0 Å². The van der Waals surface area contributed by atoms with Crippen molar-refractivity contribution in [1.29, 1.82) is 0 Å². The molecule has 2 N–H and O–H groups in total. The van der Waals surface area contributed by atoms with Gasteiger partial charge in [-0.25, -0.2) is 4.79 Å². The molecule has 0 saturated heterocycles. The Morgan fingerprint density at radius 3 is 2.23 bits per heavy atom. The van der Waals surface area contributed by atoms with Crippen LogP contribution in [-0.4, -0.2) is 30.9 Å². The lowest BCUT2D eigenvalue weighted by atomic mass is 10.0. The van der Waals surface area contributed by atoms with Crippen molar-refractivity contribution in [3.05, 3.63) is 45.0 Å². The molecule has 9 heteroatoms. The molecule has 2 heterocycles. The van der Waals surface area contributed by atoms with Crippen LogP contribution in [0.15, 0.2) is 25.8 Å². The van der Waals surface area contributed by atoms with Crippen LogP contribution in [0.3, 0.4) is 0 Å². The topological polar surface area (TPSA) is 142 Å². The molecule has 0 aliphatic carbocycles. The minimum atomic E-state index is -1.42.